The van der Waals surface area contributed by atoms with Gasteiger partial charge in [-0.2, -0.15) is 0 Å². The standard InChI is InChI=1S/C16H17NO4/c1-10(2)14-7-11(16(18)19)8-15(17-14)21-13-6-4-5-12(9-13)20-3/h4-10H,1-3H3,(H,18,19). The van der Waals surface area contributed by atoms with E-state index in [2.05, 4.69) is 4.98 Å². The van der Waals surface area contributed by atoms with Gasteiger partial charge < -0.3 is 14.6 Å². The number of carboxylic acids is 1. The average molecular weight is 287 g/mol. The van der Waals surface area contributed by atoms with Crippen molar-refractivity contribution in [2.45, 2.75) is 19.8 Å². The van der Waals surface area contributed by atoms with Crippen molar-refractivity contribution in [1.29, 1.82) is 0 Å². The first-order valence-corrected chi connectivity index (χ1v) is 6.57. The summed E-state index contributed by atoms with van der Waals surface area (Å²) in [5.74, 6) is 0.559. The number of ether oxygens (including phenoxy) is 2. The van der Waals surface area contributed by atoms with Gasteiger partial charge in [0.25, 0.3) is 0 Å². The van der Waals surface area contributed by atoms with Gasteiger partial charge in [-0.15, -0.1) is 0 Å². The number of nitrogens with zero attached hydrogens (tertiary/aromatic N) is 1. The molecule has 1 N–H and O–H groups in total. The molecule has 0 aliphatic heterocycles. The van der Waals surface area contributed by atoms with Crippen molar-refractivity contribution in [3.63, 3.8) is 0 Å². The molecule has 2 rings (SSSR count). The highest BCUT2D eigenvalue weighted by atomic mass is 16.5. The number of aromatic nitrogens is 1. The number of carbonyl (C=O) groups is 1. The van der Waals surface area contributed by atoms with E-state index in [-0.39, 0.29) is 17.4 Å². The van der Waals surface area contributed by atoms with Gasteiger partial charge >= 0.3 is 5.97 Å². The molecule has 21 heavy (non-hydrogen) atoms. The number of pyridine rings is 1. The van der Waals surface area contributed by atoms with E-state index in [1.807, 2.05) is 13.8 Å². The summed E-state index contributed by atoms with van der Waals surface area (Å²) in [6.45, 7) is 3.90. The second-order valence-corrected chi connectivity index (χ2v) is 4.86. The van der Waals surface area contributed by atoms with Crippen LogP contribution in [0.2, 0.25) is 0 Å². The molecule has 0 aliphatic carbocycles. The van der Waals surface area contributed by atoms with Crippen LogP contribution < -0.4 is 9.47 Å². The van der Waals surface area contributed by atoms with E-state index in [1.54, 1.807) is 37.4 Å². The second kappa shape index (κ2) is 6.26. The molecule has 0 aliphatic rings. The summed E-state index contributed by atoms with van der Waals surface area (Å²) < 4.78 is 10.8. The van der Waals surface area contributed by atoms with Crippen LogP contribution in [0, 0.1) is 0 Å². The summed E-state index contributed by atoms with van der Waals surface area (Å²) in [5, 5.41) is 9.16. The quantitative estimate of drug-likeness (QED) is 0.908. The van der Waals surface area contributed by atoms with Crippen LogP contribution in [0.4, 0.5) is 0 Å². The van der Waals surface area contributed by atoms with Gasteiger partial charge in [-0.1, -0.05) is 19.9 Å². The lowest BCUT2D eigenvalue weighted by Crippen LogP contribution is -2.03. The van der Waals surface area contributed by atoms with Crippen LogP contribution in [-0.4, -0.2) is 23.2 Å². The Morgan fingerprint density at radius 1 is 1.19 bits per heavy atom. The van der Waals surface area contributed by atoms with Gasteiger partial charge in [-0.25, -0.2) is 9.78 Å². The van der Waals surface area contributed by atoms with Crippen molar-refractivity contribution >= 4 is 5.97 Å². The molecule has 2 aromatic rings. The molecule has 0 saturated carbocycles. The molecule has 0 fully saturated rings. The summed E-state index contributed by atoms with van der Waals surface area (Å²) in [6.07, 6.45) is 0. The third-order valence-electron chi connectivity index (χ3n) is 2.92. The topological polar surface area (TPSA) is 68.7 Å². The van der Waals surface area contributed by atoms with E-state index in [9.17, 15) is 4.79 Å². The summed E-state index contributed by atoms with van der Waals surface area (Å²) in [6, 6.07) is 10.0. The van der Waals surface area contributed by atoms with Gasteiger partial charge in [-0.3, -0.25) is 0 Å². The van der Waals surface area contributed by atoms with E-state index >= 15 is 0 Å². The van der Waals surface area contributed by atoms with Gasteiger partial charge in [0.15, 0.2) is 0 Å². The second-order valence-electron chi connectivity index (χ2n) is 4.86. The first kappa shape index (κ1) is 14.8. The number of rotatable bonds is 5. The van der Waals surface area contributed by atoms with E-state index in [0.29, 0.717) is 17.2 Å². The molecule has 0 bridgehead atoms. The molecule has 110 valence electrons. The Kier molecular flexibility index (Phi) is 4.42. The first-order chi connectivity index (χ1) is 9.99. The minimum atomic E-state index is -1.00. The van der Waals surface area contributed by atoms with Gasteiger partial charge in [0, 0.05) is 17.8 Å². The third-order valence-corrected chi connectivity index (χ3v) is 2.92. The number of methoxy groups -OCH3 is 1. The maximum Gasteiger partial charge on any atom is 0.335 e. The minimum absolute atomic E-state index is 0.108. The van der Waals surface area contributed by atoms with Crippen molar-refractivity contribution in [3.05, 3.63) is 47.7 Å². The smallest absolute Gasteiger partial charge is 0.335 e. The Bertz CT molecular complexity index is 652. The Balaban J connectivity index is 2.36. The molecular weight excluding hydrogens is 270 g/mol. The first-order valence-electron chi connectivity index (χ1n) is 6.57. The predicted molar refractivity (Wildman–Crippen MR) is 78.4 cm³/mol. The van der Waals surface area contributed by atoms with Crippen LogP contribution >= 0.6 is 0 Å². The average Bonchev–Trinajstić information content (AvgIpc) is 2.47. The molecule has 0 amide bonds. The van der Waals surface area contributed by atoms with Gasteiger partial charge in [0.1, 0.15) is 11.5 Å². The zero-order valence-electron chi connectivity index (χ0n) is 12.2. The highest BCUT2D eigenvalue weighted by Crippen LogP contribution is 2.26. The van der Waals surface area contributed by atoms with Crippen LogP contribution in [0.15, 0.2) is 36.4 Å². The monoisotopic (exact) mass is 287 g/mol. The van der Waals surface area contributed by atoms with Crippen molar-refractivity contribution in [2.24, 2.45) is 0 Å². The number of hydrogen-bond donors (Lipinski definition) is 1. The SMILES string of the molecule is COc1cccc(Oc2cc(C(=O)O)cc(C(C)C)n2)c1. The maximum atomic E-state index is 11.2. The zero-order valence-corrected chi connectivity index (χ0v) is 12.2. The molecule has 1 heterocycles. The third kappa shape index (κ3) is 3.72. The van der Waals surface area contributed by atoms with E-state index in [4.69, 9.17) is 14.6 Å². The van der Waals surface area contributed by atoms with Crippen molar-refractivity contribution < 1.29 is 19.4 Å². The number of benzene rings is 1. The zero-order chi connectivity index (χ0) is 15.4. The summed E-state index contributed by atoms with van der Waals surface area (Å²) in [7, 11) is 1.57. The van der Waals surface area contributed by atoms with Crippen LogP contribution in [0.25, 0.3) is 0 Å². The van der Waals surface area contributed by atoms with Gasteiger partial charge in [0.2, 0.25) is 5.88 Å². The number of carboxylic acid groups (broad SMARTS) is 1. The normalized spacial score (nSPS) is 10.5. The van der Waals surface area contributed by atoms with Crippen LogP contribution in [0.1, 0.15) is 35.8 Å². The summed E-state index contributed by atoms with van der Waals surface area (Å²) >= 11 is 0. The minimum Gasteiger partial charge on any atom is -0.497 e. The molecule has 5 heteroatoms. The Morgan fingerprint density at radius 2 is 1.90 bits per heavy atom. The Morgan fingerprint density at radius 3 is 2.52 bits per heavy atom. The fourth-order valence-electron chi connectivity index (χ4n) is 1.78. The number of aromatic carboxylic acids is 1. The highest BCUT2D eigenvalue weighted by Gasteiger charge is 2.12. The molecular formula is C16H17NO4. The maximum absolute atomic E-state index is 11.2. The molecule has 0 radical (unpaired) electrons. The predicted octanol–water partition coefficient (Wildman–Crippen LogP) is 3.70. The van der Waals surface area contributed by atoms with Crippen molar-refractivity contribution in [1.82, 2.24) is 4.98 Å². The van der Waals surface area contributed by atoms with Crippen LogP contribution in [-0.2, 0) is 0 Å². The highest BCUT2D eigenvalue weighted by molar-refractivity contribution is 5.88. The van der Waals surface area contributed by atoms with Crippen molar-refractivity contribution in [3.8, 4) is 17.4 Å². The lowest BCUT2D eigenvalue weighted by atomic mass is 10.1. The summed E-state index contributed by atoms with van der Waals surface area (Å²) in [4.78, 5) is 15.5. The number of hydrogen-bond acceptors (Lipinski definition) is 4. The van der Waals surface area contributed by atoms with E-state index < -0.39 is 5.97 Å². The summed E-state index contributed by atoms with van der Waals surface area (Å²) in [5.41, 5.74) is 0.833. The Labute approximate surface area is 123 Å². The van der Waals surface area contributed by atoms with Crippen molar-refractivity contribution in [2.75, 3.05) is 7.11 Å². The lowest BCUT2D eigenvalue weighted by molar-refractivity contribution is 0.0696. The molecule has 0 spiro atoms. The lowest BCUT2D eigenvalue weighted by Gasteiger charge is -2.11. The fraction of sp³-hybridized carbons (Fsp3) is 0.250. The largest absolute Gasteiger partial charge is 0.497 e. The molecule has 5 nitrogen and oxygen atoms in total. The van der Waals surface area contributed by atoms with E-state index in [0.717, 1.165) is 0 Å². The molecule has 1 aromatic heterocycles. The fourth-order valence-corrected chi connectivity index (χ4v) is 1.78. The van der Waals surface area contributed by atoms with E-state index in [1.165, 1.54) is 6.07 Å². The van der Waals surface area contributed by atoms with Gasteiger partial charge in [0.05, 0.1) is 12.7 Å². The Hall–Kier alpha value is -2.56. The molecule has 0 unspecified atom stereocenters. The van der Waals surface area contributed by atoms with Crippen LogP contribution in [0.5, 0.6) is 17.4 Å². The molecule has 0 saturated heterocycles. The van der Waals surface area contributed by atoms with Crippen LogP contribution in [0.3, 0.4) is 0 Å². The molecule has 1 aromatic carbocycles. The van der Waals surface area contributed by atoms with Gasteiger partial charge in [-0.05, 0) is 24.1 Å². The molecule has 0 atom stereocenters.